The minimum Gasteiger partial charge on any atom is -0.450 e. The van der Waals surface area contributed by atoms with Gasteiger partial charge in [0.1, 0.15) is 0 Å². The molecule has 0 fully saturated rings. The molecular formula is C9H20NO4P. The fourth-order valence-electron chi connectivity index (χ4n) is 0.991. The van der Waals surface area contributed by atoms with Gasteiger partial charge in [-0.2, -0.15) is 0 Å². The van der Waals surface area contributed by atoms with Crippen LogP contribution in [0.5, 0.6) is 0 Å². The molecule has 0 aliphatic rings. The topological polar surface area (TPSA) is 78.6 Å². The number of primary amides is 1. The van der Waals surface area contributed by atoms with Gasteiger partial charge in [0.2, 0.25) is 0 Å². The standard InChI is InChI=1S/C9H20NO4P/c1-3-4-7-14-15(2,12)8-5-6-13-9(10)11/h3-8H2,1-2H3,(H2,10,11). The number of unbranched alkanes of at least 4 members (excludes halogenated alkanes) is 1. The number of nitrogens with two attached hydrogens (primary N) is 1. The lowest BCUT2D eigenvalue weighted by Gasteiger charge is -2.13. The van der Waals surface area contributed by atoms with Crippen molar-refractivity contribution in [1.82, 2.24) is 0 Å². The van der Waals surface area contributed by atoms with Crippen molar-refractivity contribution in [2.24, 2.45) is 5.73 Å². The Morgan fingerprint density at radius 1 is 1.33 bits per heavy atom. The number of rotatable bonds is 8. The van der Waals surface area contributed by atoms with Crippen LogP contribution in [-0.4, -0.2) is 32.1 Å². The smallest absolute Gasteiger partial charge is 0.404 e. The number of amides is 1. The predicted molar refractivity (Wildman–Crippen MR) is 59.4 cm³/mol. The number of hydrogen-bond acceptors (Lipinski definition) is 4. The maximum absolute atomic E-state index is 11.7. The third-order valence-electron chi connectivity index (χ3n) is 1.82. The zero-order chi connectivity index (χ0) is 11.7. The van der Waals surface area contributed by atoms with Crippen LogP contribution in [0, 0.1) is 0 Å². The molecule has 0 rings (SSSR count). The maximum atomic E-state index is 11.7. The molecule has 0 bridgehead atoms. The number of ether oxygens (including phenoxy) is 1. The van der Waals surface area contributed by atoms with Crippen molar-refractivity contribution in [2.45, 2.75) is 26.2 Å². The number of carbonyl (C=O) groups is 1. The van der Waals surface area contributed by atoms with E-state index in [4.69, 9.17) is 10.3 Å². The Hall–Kier alpha value is -0.540. The van der Waals surface area contributed by atoms with Gasteiger partial charge in [0.15, 0.2) is 7.37 Å². The highest BCUT2D eigenvalue weighted by Crippen LogP contribution is 2.43. The van der Waals surface area contributed by atoms with Crippen molar-refractivity contribution in [3.63, 3.8) is 0 Å². The molecule has 0 radical (unpaired) electrons. The van der Waals surface area contributed by atoms with E-state index in [0.717, 1.165) is 12.8 Å². The van der Waals surface area contributed by atoms with Crippen molar-refractivity contribution in [1.29, 1.82) is 0 Å². The molecule has 1 unspecified atom stereocenters. The third kappa shape index (κ3) is 9.76. The summed E-state index contributed by atoms with van der Waals surface area (Å²) in [6.45, 7) is 4.38. The highest BCUT2D eigenvalue weighted by atomic mass is 31.2. The van der Waals surface area contributed by atoms with Crippen molar-refractivity contribution in [3.8, 4) is 0 Å². The van der Waals surface area contributed by atoms with Gasteiger partial charge in [0.25, 0.3) is 0 Å². The van der Waals surface area contributed by atoms with E-state index in [1.807, 2.05) is 6.92 Å². The van der Waals surface area contributed by atoms with E-state index in [9.17, 15) is 9.36 Å². The molecule has 0 saturated carbocycles. The molecule has 0 aromatic carbocycles. The first-order chi connectivity index (χ1) is 6.98. The molecule has 15 heavy (non-hydrogen) atoms. The van der Waals surface area contributed by atoms with Crippen molar-refractivity contribution < 1.29 is 18.6 Å². The molecule has 0 aliphatic heterocycles. The van der Waals surface area contributed by atoms with E-state index in [1.165, 1.54) is 0 Å². The SMILES string of the molecule is CCCCOP(C)(=O)CCCOC(N)=O. The second-order valence-corrected chi connectivity index (χ2v) is 6.18. The highest BCUT2D eigenvalue weighted by Gasteiger charge is 2.15. The number of carbonyl (C=O) groups excluding carboxylic acids is 1. The van der Waals surface area contributed by atoms with Crippen LogP contribution >= 0.6 is 7.37 Å². The normalized spacial score (nSPS) is 14.5. The molecule has 0 heterocycles. The zero-order valence-electron chi connectivity index (χ0n) is 9.40. The first-order valence-corrected chi connectivity index (χ1v) is 7.37. The van der Waals surface area contributed by atoms with E-state index in [-0.39, 0.29) is 6.61 Å². The molecule has 0 saturated heterocycles. The van der Waals surface area contributed by atoms with Gasteiger partial charge >= 0.3 is 6.09 Å². The third-order valence-corrected chi connectivity index (χ3v) is 3.67. The molecule has 5 nitrogen and oxygen atoms in total. The van der Waals surface area contributed by atoms with Gasteiger partial charge in [-0.25, -0.2) is 4.79 Å². The predicted octanol–water partition coefficient (Wildman–Crippen LogP) is 2.20. The van der Waals surface area contributed by atoms with E-state index in [1.54, 1.807) is 6.66 Å². The molecule has 0 aromatic heterocycles. The Morgan fingerprint density at radius 3 is 2.53 bits per heavy atom. The average Bonchev–Trinajstić information content (AvgIpc) is 2.13. The van der Waals surface area contributed by atoms with E-state index < -0.39 is 13.5 Å². The van der Waals surface area contributed by atoms with Crippen molar-refractivity contribution >= 4 is 13.5 Å². The van der Waals surface area contributed by atoms with Crippen LogP contribution in [0.2, 0.25) is 0 Å². The van der Waals surface area contributed by atoms with E-state index >= 15 is 0 Å². The summed E-state index contributed by atoms with van der Waals surface area (Å²) in [6.07, 6.45) is 2.07. The Bertz CT molecular complexity index is 232. The molecule has 0 aliphatic carbocycles. The lowest BCUT2D eigenvalue weighted by molar-refractivity contribution is 0.156. The molecule has 1 atom stereocenters. The molecule has 0 aromatic rings. The molecular weight excluding hydrogens is 217 g/mol. The van der Waals surface area contributed by atoms with Gasteiger partial charge in [-0.15, -0.1) is 0 Å². The lowest BCUT2D eigenvalue weighted by atomic mass is 10.4. The summed E-state index contributed by atoms with van der Waals surface area (Å²) >= 11 is 0. The summed E-state index contributed by atoms with van der Waals surface area (Å²) in [5.41, 5.74) is 4.78. The van der Waals surface area contributed by atoms with Crippen LogP contribution in [-0.2, 0) is 13.8 Å². The Balaban J connectivity index is 3.55. The molecule has 0 spiro atoms. The first-order valence-electron chi connectivity index (χ1n) is 5.11. The lowest BCUT2D eigenvalue weighted by Crippen LogP contribution is -2.14. The van der Waals surface area contributed by atoms with Crippen molar-refractivity contribution in [3.05, 3.63) is 0 Å². The maximum Gasteiger partial charge on any atom is 0.404 e. The van der Waals surface area contributed by atoms with Gasteiger partial charge in [-0.1, -0.05) is 13.3 Å². The summed E-state index contributed by atoms with van der Waals surface area (Å²) < 4.78 is 21.5. The van der Waals surface area contributed by atoms with Crippen molar-refractivity contribution in [2.75, 3.05) is 26.0 Å². The summed E-state index contributed by atoms with van der Waals surface area (Å²) in [5, 5.41) is 0. The Labute approximate surface area is 90.8 Å². The van der Waals surface area contributed by atoms with Gasteiger partial charge in [-0.3, -0.25) is 4.57 Å². The second-order valence-electron chi connectivity index (χ2n) is 3.45. The Morgan fingerprint density at radius 2 is 2.00 bits per heavy atom. The molecule has 2 N–H and O–H groups in total. The minimum absolute atomic E-state index is 0.199. The van der Waals surface area contributed by atoms with Crippen LogP contribution in [0.15, 0.2) is 0 Å². The summed E-state index contributed by atoms with van der Waals surface area (Å²) in [7, 11) is -2.51. The monoisotopic (exact) mass is 237 g/mol. The highest BCUT2D eigenvalue weighted by molar-refractivity contribution is 7.58. The molecule has 6 heteroatoms. The van der Waals surface area contributed by atoms with E-state index in [2.05, 4.69) is 4.74 Å². The average molecular weight is 237 g/mol. The summed E-state index contributed by atoms with van der Waals surface area (Å²) in [5.74, 6) is 0. The van der Waals surface area contributed by atoms with Crippen LogP contribution in [0.1, 0.15) is 26.2 Å². The van der Waals surface area contributed by atoms with Crippen LogP contribution < -0.4 is 5.73 Å². The summed E-state index contributed by atoms with van der Waals surface area (Å²) in [6, 6.07) is 0. The minimum atomic E-state index is -2.51. The molecule has 90 valence electrons. The van der Waals surface area contributed by atoms with Crippen LogP contribution in [0.25, 0.3) is 0 Å². The fourth-order valence-corrected chi connectivity index (χ4v) is 2.34. The van der Waals surface area contributed by atoms with Gasteiger partial charge in [0, 0.05) is 12.8 Å². The Kier molecular flexibility index (Phi) is 7.44. The quantitative estimate of drug-likeness (QED) is 0.518. The zero-order valence-corrected chi connectivity index (χ0v) is 10.3. The largest absolute Gasteiger partial charge is 0.450 e. The van der Waals surface area contributed by atoms with Gasteiger partial charge in [-0.05, 0) is 12.8 Å². The molecule has 1 amide bonds. The van der Waals surface area contributed by atoms with Gasteiger partial charge in [0.05, 0.1) is 13.2 Å². The first kappa shape index (κ1) is 14.5. The van der Waals surface area contributed by atoms with Gasteiger partial charge < -0.3 is 15.0 Å². The van der Waals surface area contributed by atoms with Crippen LogP contribution in [0.4, 0.5) is 4.79 Å². The number of hydrogen-bond donors (Lipinski definition) is 1. The van der Waals surface area contributed by atoms with E-state index in [0.29, 0.717) is 19.2 Å². The van der Waals surface area contributed by atoms with Crippen LogP contribution in [0.3, 0.4) is 0 Å². The summed E-state index contributed by atoms with van der Waals surface area (Å²) in [4.78, 5) is 10.2. The fraction of sp³-hybridized carbons (Fsp3) is 0.889. The second kappa shape index (κ2) is 7.71.